The molecule has 1 aromatic rings. The Morgan fingerprint density at radius 2 is 1.83 bits per heavy atom. The summed E-state index contributed by atoms with van der Waals surface area (Å²) < 4.78 is 0. The first-order valence-electron chi connectivity index (χ1n) is 3.59. The van der Waals surface area contributed by atoms with Crippen LogP contribution in [0, 0.1) is 6.92 Å². The highest BCUT2D eigenvalue weighted by atomic mass is 35.5. The van der Waals surface area contributed by atoms with Gasteiger partial charge < -0.3 is 0 Å². The number of benzene rings is 1. The summed E-state index contributed by atoms with van der Waals surface area (Å²) in [5.41, 5.74) is 3.01. The minimum absolute atomic E-state index is 0.419. The van der Waals surface area contributed by atoms with Crippen molar-refractivity contribution in [3.05, 3.63) is 33.8 Å². The maximum absolute atomic E-state index is 6.03. The lowest BCUT2D eigenvalue weighted by Gasteiger charge is -2.08. The second-order valence-electron chi connectivity index (χ2n) is 2.60. The standard InChI is InChI=1S/C9H9Cl3/c1-6-2-3-7(4-10)8(5-11)9(6)12/h2-3H,4-5H2,1H3. The molecule has 0 aliphatic rings. The molecule has 0 amide bonds. The molecule has 0 radical (unpaired) electrons. The lowest BCUT2D eigenvalue weighted by Crippen LogP contribution is -1.91. The van der Waals surface area contributed by atoms with Crippen molar-refractivity contribution in [2.75, 3.05) is 0 Å². The molecule has 1 aromatic carbocycles. The largest absolute Gasteiger partial charge is 0.122 e. The third kappa shape index (κ3) is 1.87. The highest BCUT2D eigenvalue weighted by Crippen LogP contribution is 2.26. The van der Waals surface area contributed by atoms with Crippen LogP contribution in [-0.2, 0) is 11.8 Å². The first kappa shape index (κ1) is 10.2. The summed E-state index contributed by atoms with van der Waals surface area (Å²) >= 11 is 17.5. The van der Waals surface area contributed by atoms with E-state index in [0.29, 0.717) is 11.8 Å². The monoisotopic (exact) mass is 222 g/mol. The predicted octanol–water partition coefficient (Wildman–Crippen LogP) is 4.13. The van der Waals surface area contributed by atoms with Crippen molar-refractivity contribution in [1.29, 1.82) is 0 Å². The van der Waals surface area contributed by atoms with Gasteiger partial charge in [0.15, 0.2) is 0 Å². The first-order chi connectivity index (χ1) is 5.70. The van der Waals surface area contributed by atoms with Crippen molar-refractivity contribution < 1.29 is 0 Å². The van der Waals surface area contributed by atoms with E-state index in [1.807, 2.05) is 19.1 Å². The van der Waals surface area contributed by atoms with Gasteiger partial charge in [-0.1, -0.05) is 23.7 Å². The summed E-state index contributed by atoms with van der Waals surface area (Å²) in [6, 6.07) is 3.92. The number of hydrogen-bond donors (Lipinski definition) is 0. The molecule has 0 aliphatic carbocycles. The molecule has 12 heavy (non-hydrogen) atoms. The molecule has 0 fully saturated rings. The molecule has 0 spiro atoms. The van der Waals surface area contributed by atoms with Crippen LogP contribution in [0.15, 0.2) is 12.1 Å². The second kappa shape index (κ2) is 4.36. The SMILES string of the molecule is Cc1ccc(CCl)c(CCl)c1Cl. The second-order valence-corrected chi connectivity index (χ2v) is 3.51. The van der Waals surface area contributed by atoms with E-state index in [9.17, 15) is 0 Å². The quantitative estimate of drug-likeness (QED) is 0.662. The Balaban J connectivity index is 3.25. The van der Waals surface area contributed by atoms with Gasteiger partial charge in [0, 0.05) is 16.8 Å². The molecule has 0 heterocycles. The van der Waals surface area contributed by atoms with Crippen LogP contribution in [-0.4, -0.2) is 0 Å². The third-order valence-electron chi connectivity index (χ3n) is 1.81. The Morgan fingerprint density at radius 1 is 1.17 bits per heavy atom. The number of rotatable bonds is 2. The molecule has 3 heteroatoms. The Kier molecular flexibility index (Phi) is 3.70. The highest BCUT2D eigenvalue weighted by Gasteiger charge is 2.07. The van der Waals surface area contributed by atoms with Crippen molar-refractivity contribution in [1.82, 2.24) is 0 Å². The summed E-state index contributed by atoms with van der Waals surface area (Å²) in [5.74, 6) is 0.880. The van der Waals surface area contributed by atoms with Crippen molar-refractivity contribution >= 4 is 34.8 Å². The van der Waals surface area contributed by atoms with Crippen molar-refractivity contribution in [3.63, 3.8) is 0 Å². The van der Waals surface area contributed by atoms with E-state index in [4.69, 9.17) is 34.8 Å². The summed E-state index contributed by atoms with van der Waals surface area (Å²) in [7, 11) is 0. The van der Waals surface area contributed by atoms with Crippen molar-refractivity contribution in [2.24, 2.45) is 0 Å². The summed E-state index contributed by atoms with van der Waals surface area (Å²) in [4.78, 5) is 0. The third-order valence-corrected chi connectivity index (χ3v) is 2.89. The lowest BCUT2D eigenvalue weighted by atomic mass is 10.1. The van der Waals surface area contributed by atoms with E-state index < -0.39 is 0 Å². The molecule has 0 aromatic heterocycles. The minimum Gasteiger partial charge on any atom is -0.122 e. The van der Waals surface area contributed by atoms with Crippen LogP contribution in [0.4, 0.5) is 0 Å². The zero-order chi connectivity index (χ0) is 9.14. The maximum Gasteiger partial charge on any atom is 0.0492 e. The Bertz CT molecular complexity index is 281. The lowest BCUT2D eigenvalue weighted by molar-refractivity contribution is 1.24. The van der Waals surface area contributed by atoms with E-state index >= 15 is 0 Å². The molecule has 0 saturated heterocycles. The van der Waals surface area contributed by atoms with Crippen LogP contribution >= 0.6 is 34.8 Å². The number of alkyl halides is 2. The van der Waals surface area contributed by atoms with Crippen LogP contribution in [0.1, 0.15) is 16.7 Å². The van der Waals surface area contributed by atoms with Gasteiger partial charge in [-0.15, -0.1) is 23.2 Å². The van der Waals surface area contributed by atoms with Crippen LogP contribution in [0.2, 0.25) is 5.02 Å². The van der Waals surface area contributed by atoms with Gasteiger partial charge >= 0.3 is 0 Å². The molecule has 0 atom stereocenters. The first-order valence-corrected chi connectivity index (χ1v) is 5.04. The molecule has 0 N–H and O–H groups in total. The highest BCUT2D eigenvalue weighted by molar-refractivity contribution is 6.33. The smallest absolute Gasteiger partial charge is 0.0492 e. The number of hydrogen-bond acceptors (Lipinski definition) is 0. The summed E-state index contributed by atoms with van der Waals surface area (Å²) in [5, 5.41) is 0.739. The molecule has 0 unspecified atom stereocenters. The fourth-order valence-electron chi connectivity index (χ4n) is 1.05. The zero-order valence-electron chi connectivity index (χ0n) is 6.70. The normalized spacial score (nSPS) is 10.3. The molecule has 1 rings (SSSR count). The van der Waals surface area contributed by atoms with Gasteiger partial charge in [0.2, 0.25) is 0 Å². The Morgan fingerprint density at radius 3 is 2.33 bits per heavy atom. The van der Waals surface area contributed by atoms with Crippen LogP contribution in [0.25, 0.3) is 0 Å². The summed E-state index contributed by atoms with van der Waals surface area (Å²) in [6.07, 6.45) is 0. The molecule has 0 bridgehead atoms. The van der Waals surface area contributed by atoms with Crippen LogP contribution < -0.4 is 0 Å². The van der Waals surface area contributed by atoms with Crippen LogP contribution in [0.3, 0.4) is 0 Å². The average Bonchev–Trinajstić information content (AvgIpc) is 2.09. The van der Waals surface area contributed by atoms with Gasteiger partial charge in [-0.2, -0.15) is 0 Å². The van der Waals surface area contributed by atoms with E-state index in [1.54, 1.807) is 0 Å². The van der Waals surface area contributed by atoms with Gasteiger partial charge in [-0.05, 0) is 23.6 Å². The predicted molar refractivity (Wildman–Crippen MR) is 55.3 cm³/mol. The fourth-order valence-corrected chi connectivity index (χ4v) is 1.92. The Labute approximate surface area is 87.4 Å². The topological polar surface area (TPSA) is 0 Å². The molecular formula is C9H9Cl3. The Hall–Kier alpha value is 0.0900. The van der Waals surface area contributed by atoms with Crippen molar-refractivity contribution in [2.45, 2.75) is 18.7 Å². The molecule has 0 nitrogen and oxygen atoms in total. The van der Waals surface area contributed by atoms with Gasteiger partial charge in [-0.3, -0.25) is 0 Å². The van der Waals surface area contributed by atoms with Crippen molar-refractivity contribution in [3.8, 4) is 0 Å². The molecule has 0 saturated carbocycles. The maximum atomic E-state index is 6.03. The van der Waals surface area contributed by atoms with Crippen LogP contribution in [0.5, 0.6) is 0 Å². The average molecular weight is 224 g/mol. The minimum atomic E-state index is 0.419. The fraction of sp³-hybridized carbons (Fsp3) is 0.333. The molecular weight excluding hydrogens is 214 g/mol. The van der Waals surface area contributed by atoms with E-state index in [-0.39, 0.29) is 0 Å². The summed E-state index contributed by atoms with van der Waals surface area (Å²) in [6.45, 7) is 1.95. The van der Waals surface area contributed by atoms with E-state index in [0.717, 1.165) is 21.7 Å². The van der Waals surface area contributed by atoms with E-state index in [2.05, 4.69) is 0 Å². The molecule has 0 aliphatic heterocycles. The number of halogens is 3. The van der Waals surface area contributed by atoms with Gasteiger partial charge in [0.05, 0.1) is 0 Å². The van der Waals surface area contributed by atoms with E-state index in [1.165, 1.54) is 0 Å². The number of aryl methyl sites for hydroxylation is 1. The zero-order valence-corrected chi connectivity index (χ0v) is 8.97. The van der Waals surface area contributed by atoms with Gasteiger partial charge in [0.1, 0.15) is 0 Å². The van der Waals surface area contributed by atoms with Gasteiger partial charge in [-0.25, -0.2) is 0 Å². The van der Waals surface area contributed by atoms with Gasteiger partial charge in [0.25, 0.3) is 0 Å². The molecule has 66 valence electrons.